The van der Waals surface area contributed by atoms with Crippen LogP contribution < -0.4 is 4.74 Å². The number of sulfone groups is 1. The second-order valence-corrected chi connectivity index (χ2v) is 6.75. The molecule has 0 aliphatic carbocycles. The molecule has 2 rings (SSSR count). The molecule has 1 heterocycles. The highest BCUT2D eigenvalue weighted by molar-refractivity contribution is 7.90. The van der Waals surface area contributed by atoms with E-state index < -0.39 is 21.6 Å². The van der Waals surface area contributed by atoms with E-state index in [0.717, 1.165) is 35.2 Å². The Kier molecular flexibility index (Phi) is 4.14. The molecule has 22 heavy (non-hydrogen) atoms. The maximum absolute atomic E-state index is 12.5. The molecule has 0 aliphatic rings. The summed E-state index contributed by atoms with van der Waals surface area (Å²) >= 11 is 5.90. The molecular weight excluding hydrogens is 345 g/mol. The van der Waals surface area contributed by atoms with Gasteiger partial charge in [-0.15, -0.1) is 5.10 Å². The van der Waals surface area contributed by atoms with Gasteiger partial charge in [-0.25, -0.2) is 8.42 Å². The molecule has 0 aliphatic heterocycles. The molecule has 0 spiro atoms. The molecule has 0 fully saturated rings. The lowest BCUT2D eigenvalue weighted by molar-refractivity contribution is -0.137. The van der Waals surface area contributed by atoms with Gasteiger partial charge in [-0.3, -0.25) is 4.68 Å². The highest BCUT2D eigenvalue weighted by Gasteiger charge is 2.30. The number of alkyl halides is 3. The van der Waals surface area contributed by atoms with E-state index in [-0.39, 0.29) is 21.7 Å². The first-order chi connectivity index (χ1) is 10.00. The number of benzene rings is 1. The van der Waals surface area contributed by atoms with Crippen LogP contribution in [0.25, 0.3) is 0 Å². The van der Waals surface area contributed by atoms with Crippen molar-refractivity contribution in [3.8, 4) is 11.6 Å². The third kappa shape index (κ3) is 3.36. The van der Waals surface area contributed by atoms with Crippen molar-refractivity contribution in [3.63, 3.8) is 0 Å². The number of aromatic nitrogens is 2. The van der Waals surface area contributed by atoms with Gasteiger partial charge >= 0.3 is 6.18 Å². The van der Waals surface area contributed by atoms with Crippen molar-refractivity contribution in [1.29, 1.82) is 0 Å². The first-order valence-electron chi connectivity index (χ1n) is 5.78. The highest BCUT2D eigenvalue weighted by atomic mass is 35.5. The van der Waals surface area contributed by atoms with Crippen molar-refractivity contribution in [2.24, 2.45) is 7.05 Å². The molecular formula is C12H10ClF3N2O3S. The van der Waals surface area contributed by atoms with E-state index >= 15 is 0 Å². The molecule has 0 bridgehead atoms. The summed E-state index contributed by atoms with van der Waals surface area (Å²) in [5, 5.41) is 3.33. The minimum absolute atomic E-state index is 0.0491. The predicted octanol–water partition coefficient (Wildman–Crippen LogP) is 3.29. The summed E-state index contributed by atoms with van der Waals surface area (Å²) in [6.07, 6.45) is -3.50. The van der Waals surface area contributed by atoms with Crippen LogP contribution in [0, 0.1) is 0 Å². The molecule has 0 saturated carbocycles. The second kappa shape index (κ2) is 5.47. The normalized spacial score (nSPS) is 12.5. The van der Waals surface area contributed by atoms with E-state index in [4.69, 9.17) is 16.3 Å². The van der Waals surface area contributed by atoms with Crippen LogP contribution in [0.4, 0.5) is 13.2 Å². The number of nitrogens with zero attached hydrogens (tertiary/aromatic N) is 2. The lowest BCUT2D eigenvalue weighted by atomic mass is 10.2. The van der Waals surface area contributed by atoms with E-state index in [1.54, 1.807) is 0 Å². The average Bonchev–Trinajstić information content (AvgIpc) is 2.63. The predicted molar refractivity (Wildman–Crippen MR) is 72.8 cm³/mol. The van der Waals surface area contributed by atoms with Gasteiger partial charge in [0.2, 0.25) is 0 Å². The molecule has 10 heteroatoms. The van der Waals surface area contributed by atoms with Gasteiger partial charge in [0.25, 0.3) is 5.88 Å². The first-order valence-corrected chi connectivity index (χ1v) is 8.05. The molecule has 0 atom stereocenters. The summed E-state index contributed by atoms with van der Waals surface area (Å²) in [7, 11) is -2.26. The van der Waals surface area contributed by atoms with E-state index in [0.29, 0.717) is 0 Å². The summed E-state index contributed by atoms with van der Waals surface area (Å²) < 4.78 is 66.8. The van der Waals surface area contributed by atoms with Crippen LogP contribution in [0.15, 0.2) is 29.3 Å². The Morgan fingerprint density at radius 2 is 1.77 bits per heavy atom. The lowest BCUT2D eigenvalue weighted by Crippen LogP contribution is -2.05. The van der Waals surface area contributed by atoms with Crippen LogP contribution >= 0.6 is 11.6 Å². The lowest BCUT2D eigenvalue weighted by Gasteiger charge is -2.07. The Balaban J connectivity index is 2.33. The van der Waals surface area contributed by atoms with Gasteiger partial charge in [0.05, 0.1) is 5.56 Å². The Morgan fingerprint density at radius 1 is 1.23 bits per heavy atom. The van der Waals surface area contributed by atoms with Gasteiger partial charge in [0.15, 0.2) is 14.9 Å². The van der Waals surface area contributed by atoms with Crippen molar-refractivity contribution in [1.82, 2.24) is 9.78 Å². The summed E-state index contributed by atoms with van der Waals surface area (Å²) in [5.41, 5.74) is -0.830. The zero-order valence-corrected chi connectivity index (χ0v) is 12.9. The first kappa shape index (κ1) is 16.6. The maximum atomic E-state index is 12.5. The fourth-order valence-electron chi connectivity index (χ4n) is 1.75. The molecule has 0 unspecified atom stereocenters. The SMILES string of the molecule is Cn1nc(Oc2ccc(C(F)(F)F)cc2)c(Cl)c1S(C)(=O)=O. The standard InChI is InChI=1S/C12H10ClF3N2O3S/c1-18-11(22(2,19)20)9(13)10(17-18)21-8-5-3-7(4-6-8)12(14,15)16/h3-6H,1-2H3. The number of rotatable bonds is 3. The molecule has 1 aromatic carbocycles. The summed E-state index contributed by atoms with van der Waals surface area (Å²) in [5.74, 6) is -0.155. The van der Waals surface area contributed by atoms with Gasteiger partial charge in [-0.1, -0.05) is 11.6 Å². The summed E-state index contributed by atoms with van der Waals surface area (Å²) in [6.45, 7) is 0. The van der Waals surface area contributed by atoms with Gasteiger partial charge in [-0.2, -0.15) is 13.2 Å². The van der Waals surface area contributed by atoms with Gasteiger partial charge in [0, 0.05) is 13.3 Å². The molecule has 0 saturated heterocycles. The molecule has 120 valence electrons. The third-order valence-corrected chi connectivity index (χ3v) is 4.28. The zero-order valence-electron chi connectivity index (χ0n) is 11.3. The van der Waals surface area contributed by atoms with Crippen molar-refractivity contribution in [2.75, 3.05) is 6.26 Å². The van der Waals surface area contributed by atoms with E-state index in [9.17, 15) is 21.6 Å². The Bertz CT molecular complexity index is 798. The van der Waals surface area contributed by atoms with Crippen LogP contribution in [0.3, 0.4) is 0 Å². The van der Waals surface area contributed by atoms with Crippen molar-refractivity contribution < 1.29 is 26.3 Å². The van der Waals surface area contributed by atoms with Crippen LogP contribution in [-0.4, -0.2) is 24.5 Å². The molecule has 2 aromatic rings. The van der Waals surface area contributed by atoms with E-state index in [1.165, 1.54) is 7.05 Å². The molecule has 0 N–H and O–H groups in total. The fraction of sp³-hybridized carbons (Fsp3) is 0.250. The third-order valence-electron chi connectivity index (χ3n) is 2.66. The summed E-state index contributed by atoms with van der Waals surface area (Å²) in [6, 6.07) is 3.86. The van der Waals surface area contributed by atoms with Crippen molar-refractivity contribution in [2.45, 2.75) is 11.2 Å². The Labute approximate surface area is 129 Å². The van der Waals surface area contributed by atoms with E-state index in [1.807, 2.05) is 0 Å². The monoisotopic (exact) mass is 354 g/mol. The van der Waals surface area contributed by atoms with Gasteiger partial charge < -0.3 is 4.74 Å². The Hall–Kier alpha value is -1.74. The molecule has 1 aromatic heterocycles. The van der Waals surface area contributed by atoms with Crippen molar-refractivity contribution in [3.05, 3.63) is 34.9 Å². The number of hydrogen-bond acceptors (Lipinski definition) is 4. The van der Waals surface area contributed by atoms with Crippen LogP contribution in [0.5, 0.6) is 11.6 Å². The van der Waals surface area contributed by atoms with Crippen molar-refractivity contribution >= 4 is 21.4 Å². The van der Waals surface area contributed by atoms with E-state index in [2.05, 4.69) is 5.10 Å². The van der Waals surface area contributed by atoms with Crippen LogP contribution in [0.2, 0.25) is 5.02 Å². The van der Waals surface area contributed by atoms with Gasteiger partial charge in [-0.05, 0) is 24.3 Å². The van der Waals surface area contributed by atoms with Crippen LogP contribution in [-0.2, 0) is 23.1 Å². The largest absolute Gasteiger partial charge is 0.436 e. The highest BCUT2D eigenvalue weighted by Crippen LogP contribution is 2.35. The minimum Gasteiger partial charge on any atom is -0.436 e. The van der Waals surface area contributed by atoms with Crippen LogP contribution in [0.1, 0.15) is 5.56 Å². The number of hydrogen-bond donors (Lipinski definition) is 0. The topological polar surface area (TPSA) is 61.2 Å². The quantitative estimate of drug-likeness (QED) is 0.848. The molecule has 0 amide bonds. The fourth-order valence-corrected chi connectivity index (χ4v) is 3.30. The zero-order chi connectivity index (χ0) is 16.7. The number of halogens is 4. The Morgan fingerprint density at radius 3 is 2.18 bits per heavy atom. The second-order valence-electron chi connectivity index (χ2n) is 4.44. The maximum Gasteiger partial charge on any atom is 0.416 e. The minimum atomic E-state index is -4.45. The molecule has 5 nitrogen and oxygen atoms in total. The molecule has 0 radical (unpaired) electrons. The van der Waals surface area contributed by atoms with Gasteiger partial charge in [0.1, 0.15) is 10.8 Å². The smallest absolute Gasteiger partial charge is 0.416 e. The average molecular weight is 355 g/mol. The number of aryl methyl sites for hydroxylation is 1. The number of ether oxygens (including phenoxy) is 1. The summed E-state index contributed by atoms with van der Waals surface area (Å²) in [4.78, 5) is 0.